The van der Waals surface area contributed by atoms with Crippen LogP contribution >= 0.6 is 11.6 Å². The number of carboxylic acid groups (broad SMARTS) is 1. The number of rotatable bonds is 4. The third kappa shape index (κ3) is 2.76. The van der Waals surface area contributed by atoms with Crippen molar-refractivity contribution >= 4 is 28.4 Å². The molecule has 0 fully saturated rings. The van der Waals surface area contributed by atoms with Crippen molar-refractivity contribution in [2.45, 2.75) is 17.6 Å². The van der Waals surface area contributed by atoms with Crippen LogP contribution in [0.15, 0.2) is 29.2 Å². The first-order valence-electron chi connectivity index (χ1n) is 5.80. The highest BCUT2D eigenvalue weighted by Gasteiger charge is 2.19. The molecule has 0 saturated heterocycles. The number of nitrogens with zero attached hydrogens (tertiary/aromatic N) is 2. The van der Waals surface area contributed by atoms with Gasteiger partial charge in [0.1, 0.15) is 5.15 Å². The number of aromatic carboxylic acids is 1. The molecule has 1 aromatic heterocycles. The van der Waals surface area contributed by atoms with Gasteiger partial charge in [-0.15, -0.1) is 0 Å². The third-order valence-electron chi connectivity index (χ3n) is 2.91. The summed E-state index contributed by atoms with van der Waals surface area (Å²) < 4.78 is 13.9. The molecule has 1 heterocycles. The van der Waals surface area contributed by atoms with Crippen molar-refractivity contribution in [1.29, 1.82) is 0 Å². The van der Waals surface area contributed by atoms with Crippen molar-refractivity contribution in [2.75, 3.05) is 0 Å². The maximum atomic E-state index is 12.4. The first-order valence-corrected chi connectivity index (χ1v) is 7.50. The summed E-state index contributed by atoms with van der Waals surface area (Å²) in [5, 5.41) is 13.7. The molecule has 0 aliphatic rings. The number of benzene rings is 1. The second kappa shape index (κ2) is 5.76. The van der Waals surface area contributed by atoms with Crippen LogP contribution in [0.4, 0.5) is 0 Å². The quantitative estimate of drug-likeness (QED) is 0.941. The largest absolute Gasteiger partial charge is 0.478 e. The molecule has 0 aliphatic carbocycles. The van der Waals surface area contributed by atoms with E-state index in [9.17, 15) is 9.00 Å². The predicted octanol–water partition coefficient (Wildman–Crippen LogP) is 2.39. The lowest BCUT2D eigenvalue weighted by molar-refractivity contribution is 0.0693. The minimum Gasteiger partial charge on any atom is -0.478 e. The molecule has 1 N–H and O–H groups in total. The van der Waals surface area contributed by atoms with E-state index in [4.69, 9.17) is 16.7 Å². The Labute approximate surface area is 123 Å². The van der Waals surface area contributed by atoms with Crippen LogP contribution in [-0.2, 0) is 23.6 Å². The number of aryl methyl sites for hydroxylation is 2. The number of aromatic nitrogens is 2. The molecule has 0 aliphatic heterocycles. The molecule has 1 aromatic carbocycles. The molecule has 0 saturated carbocycles. The Balaban J connectivity index is 2.36. The van der Waals surface area contributed by atoms with Gasteiger partial charge >= 0.3 is 5.97 Å². The van der Waals surface area contributed by atoms with Crippen LogP contribution in [0.5, 0.6) is 0 Å². The van der Waals surface area contributed by atoms with Gasteiger partial charge in [0, 0.05) is 12.6 Å². The van der Waals surface area contributed by atoms with Gasteiger partial charge in [0.15, 0.2) is 0 Å². The first kappa shape index (κ1) is 14.7. The Hall–Kier alpha value is -1.66. The molecule has 7 heteroatoms. The molecule has 20 heavy (non-hydrogen) atoms. The van der Waals surface area contributed by atoms with E-state index in [1.807, 2.05) is 0 Å². The fourth-order valence-corrected chi connectivity index (χ4v) is 3.60. The van der Waals surface area contributed by atoms with Crippen LogP contribution in [0.3, 0.4) is 0 Å². The minimum absolute atomic E-state index is 0.0449. The lowest BCUT2D eigenvalue weighted by Gasteiger charge is -2.06. The molecule has 0 radical (unpaired) electrons. The summed E-state index contributed by atoms with van der Waals surface area (Å²) in [5.74, 6) is -0.953. The monoisotopic (exact) mass is 312 g/mol. The normalized spacial score (nSPS) is 12.3. The van der Waals surface area contributed by atoms with Gasteiger partial charge in [-0.1, -0.05) is 23.7 Å². The Bertz CT molecular complexity index is 697. The summed E-state index contributed by atoms with van der Waals surface area (Å²) >= 11 is 6.10. The summed E-state index contributed by atoms with van der Waals surface area (Å²) in [7, 11) is 0.209. The fourth-order valence-electron chi connectivity index (χ4n) is 1.89. The second-order valence-electron chi connectivity index (χ2n) is 4.27. The van der Waals surface area contributed by atoms with Crippen LogP contribution in [0.25, 0.3) is 0 Å². The third-order valence-corrected chi connectivity index (χ3v) is 4.78. The van der Waals surface area contributed by atoms with Gasteiger partial charge in [-0.2, -0.15) is 5.10 Å². The molecule has 106 valence electrons. The minimum atomic E-state index is -1.49. The van der Waals surface area contributed by atoms with Crippen molar-refractivity contribution in [1.82, 2.24) is 9.78 Å². The first-order chi connectivity index (χ1) is 9.41. The SMILES string of the molecule is Cc1nn(C)c(Cl)c1CS(=O)c1ccccc1C(=O)O. The van der Waals surface area contributed by atoms with E-state index in [1.54, 1.807) is 32.2 Å². The number of hydrogen-bond donors (Lipinski definition) is 1. The van der Waals surface area contributed by atoms with E-state index in [1.165, 1.54) is 10.7 Å². The van der Waals surface area contributed by atoms with Crippen LogP contribution in [-0.4, -0.2) is 25.1 Å². The predicted molar refractivity (Wildman–Crippen MR) is 76.5 cm³/mol. The van der Waals surface area contributed by atoms with Crippen molar-refractivity contribution in [3.05, 3.63) is 46.2 Å². The second-order valence-corrected chi connectivity index (χ2v) is 6.05. The summed E-state index contributed by atoms with van der Waals surface area (Å²) in [5.41, 5.74) is 1.41. The number of carboxylic acids is 1. The van der Waals surface area contributed by atoms with E-state index >= 15 is 0 Å². The summed E-state index contributed by atoms with van der Waals surface area (Å²) in [6.07, 6.45) is 0. The van der Waals surface area contributed by atoms with Crippen molar-refractivity contribution in [2.24, 2.45) is 7.05 Å². The van der Waals surface area contributed by atoms with Crippen molar-refractivity contribution in [3.8, 4) is 0 Å². The molecule has 0 amide bonds. The van der Waals surface area contributed by atoms with E-state index in [0.717, 1.165) is 0 Å². The zero-order valence-corrected chi connectivity index (χ0v) is 12.5. The van der Waals surface area contributed by atoms with Gasteiger partial charge in [0.05, 0.1) is 32.7 Å². The highest BCUT2D eigenvalue weighted by atomic mass is 35.5. The van der Waals surface area contributed by atoms with Gasteiger partial charge < -0.3 is 5.11 Å². The molecule has 2 aromatic rings. The lowest BCUT2D eigenvalue weighted by atomic mass is 10.2. The van der Waals surface area contributed by atoms with Gasteiger partial charge in [-0.3, -0.25) is 8.89 Å². The average molecular weight is 313 g/mol. The topological polar surface area (TPSA) is 72.2 Å². The standard InChI is InChI=1S/C13H13ClN2O3S/c1-8-10(12(14)16(2)15-8)7-20(19)11-6-4-3-5-9(11)13(17)18/h3-6H,7H2,1-2H3,(H,17,18). The molecule has 2 rings (SSSR count). The number of halogens is 1. The summed E-state index contributed by atoms with van der Waals surface area (Å²) in [6, 6.07) is 6.26. The maximum Gasteiger partial charge on any atom is 0.336 e. The van der Waals surface area contributed by atoms with E-state index in [2.05, 4.69) is 5.10 Å². The zero-order valence-electron chi connectivity index (χ0n) is 11.0. The maximum absolute atomic E-state index is 12.4. The Kier molecular flexibility index (Phi) is 4.25. The Morgan fingerprint density at radius 1 is 1.45 bits per heavy atom. The highest BCUT2D eigenvalue weighted by Crippen LogP contribution is 2.24. The van der Waals surface area contributed by atoms with Crippen LogP contribution in [0, 0.1) is 6.92 Å². The fraction of sp³-hybridized carbons (Fsp3) is 0.231. The summed E-state index contributed by atoms with van der Waals surface area (Å²) in [4.78, 5) is 11.4. The van der Waals surface area contributed by atoms with Crippen molar-refractivity contribution in [3.63, 3.8) is 0 Å². The van der Waals surface area contributed by atoms with Gasteiger partial charge in [-0.25, -0.2) is 4.79 Å². The molecular weight excluding hydrogens is 300 g/mol. The van der Waals surface area contributed by atoms with Gasteiger partial charge in [0.25, 0.3) is 0 Å². The molecule has 5 nitrogen and oxygen atoms in total. The number of hydrogen-bond acceptors (Lipinski definition) is 3. The van der Waals surface area contributed by atoms with Crippen molar-refractivity contribution < 1.29 is 14.1 Å². The highest BCUT2D eigenvalue weighted by molar-refractivity contribution is 7.84. The number of carbonyl (C=O) groups is 1. The zero-order chi connectivity index (χ0) is 14.9. The summed E-state index contributed by atoms with van der Waals surface area (Å²) in [6.45, 7) is 1.78. The van der Waals surface area contributed by atoms with Crippen LogP contribution in [0.2, 0.25) is 5.15 Å². The van der Waals surface area contributed by atoms with Gasteiger partial charge in [-0.05, 0) is 19.1 Å². The van der Waals surface area contributed by atoms with E-state index in [-0.39, 0.29) is 11.3 Å². The molecular formula is C13H13ClN2O3S. The average Bonchev–Trinajstić information content (AvgIpc) is 2.65. The molecule has 0 bridgehead atoms. The Morgan fingerprint density at radius 3 is 2.65 bits per heavy atom. The van der Waals surface area contributed by atoms with Crippen LogP contribution in [0.1, 0.15) is 21.6 Å². The van der Waals surface area contributed by atoms with Crippen LogP contribution < -0.4 is 0 Å². The Morgan fingerprint density at radius 2 is 2.10 bits per heavy atom. The lowest BCUT2D eigenvalue weighted by Crippen LogP contribution is -2.06. The molecule has 1 atom stereocenters. The molecule has 1 unspecified atom stereocenters. The van der Waals surface area contributed by atoms with E-state index in [0.29, 0.717) is 21.3 Å². The molecule has 0 spiro atoms. The van der Waals surface area contributed by atoms with E-state index < -0.39 is 16.8 Å². The van der Waals surface area contributed by atoms with Gasteiger partial charge in [0.2, 0.25) is 0 Å². The smallest absolute Gasteiger partial charge is 0.336 e.